The molecule has 0 radical (unpaired) electrons. The number of carbonyl (C=O) groups is 2. The third-order valence-corrected chi connectivity index (χ3v) is 12.2. The zero-order chi connectivity index (χ0) is 51.6. The van der Waals surface area contributed by atoms with Crippen molar-refractivity contribution in [1.29, 1.82) is 0 Å². The normalized spacial score (nSPS) is 18.0. The molecule has 0 saturated carbocycles. The number of morpholine rings is 2. The molecule has 2 aromatic heterocycles. The molecule has 5 heterocycles. The van der Waals surface area contributed by atoms with Crippen LogP contribution in [0.25, 0.3) is 11.4 Å². The van der Waals surface area contributed by atoms with E-state index in [0.717, 1.165) is 5.46 Å². The van der Waals surface area contributed by atoms with Crippen molar-refractivity contribution in [1.82, 2.24) is 19.9 Å². The summed E-state index contributed by atoms with van der Waals surface area (Å²) in [7, 11) is -0.389. The van der Waals surface area contributed by atoms with Crippen LogP contribution >= 0.6 is 11.6 Å². The zero-order valence-corrected chi connectivity index (χ0v) is 40.7. The lowest BCUT2D eigenvalue weighted by Crippen LogP contribution is -2.48. The van der Waals surface area contributed by atoms with E-state index in [1.807, 2.05) is 61.8 Å². The molecule has 9 rings (SSSR count). The number of nitrogens with zero attached hydrogens (tertiary/aromatic N) is 6. The number of carbonyl (C=O) groups excluding carboxylic acids is 2. The van der Waals surface area contributed by atoms with E-state index >= 15 is 0 Å². The third kappa shape index (κ3) is 13.6. The van der Waals surface area contributed by atoms with Gasteiger partial charge in [0.1, 0.15) is 57.7 Å². The van der Waals surface area contributed by atoms with E-state index in [1.54, 1.807) is 36.4 Å². The smallest absolute Gasteiger partial charge is 0.457 e. The van der Waals surface area contributed by atoms with Gasteiger partial charge in [-0.2, -0.15) is 0 Å². The van der Waals surface area contributed by atoms with Gasteiger partial charge < -0.3 is 59.7 Å². The van der Waals surface area contributed by atoms with Crippen LogP contribution in [0.15, 0.2) is 109 Å². The van der Waals surface area contributed by atoms with Crippen molar-refractivity contribution in [3.63, 3.8) is 0 Å². The predicted molar refractivity (Wildman–Crippen MR) is 265 cm³/mol. The molecule has 72 heavy (non-hydrogen) atoms. The Balaban J connectivity index is 0.000000165. The Hall–Kier alpha value is -6.85. The number of ether oxygens (including phenoxy) is 4. The molecule has 3 saturated heterocycles. The number of halogens is 3. The van der Waals surface area contributed by atoms with Crippen molar-refractivity contribution < 1.29 is 56.8 Å². The molecule has 6 N–H and O–H groups in total. The van der Waals surface area contributed by atoms with Crippen LogP contribution in [0.5, 0.6) is 23.0 Å². The van der Waals surface area contributed by atoms with E-state index in [0.29, 0.717) is 85.5 Å². The Morgan fingerprint density at radius 1 is 0.653 bits per heavy atom. The molecule has 18 nitrogen and oxygen atoms in total. The van der Waals surface area contributed by atoms with Crippen LogP contribution in [0.4, 0.5) is 20.4 Å². The van der Waals surface area contributed by atoms with Gasteiger partial charge in [0.15, 0.2) is 5.82 Å². The van der Waals surface area contributed by atoms with Gasteiger partial charge in [0, 0.05) is 30.8 Å². The quantitative estimate of drug-likeness (QED) is 0.0847. The van der Waals surface area contributed by atoms with Crippen molar-refractivity contribution in [3.8, 4) is 34.4 Å². The molecule has 6 aromatic rings. The van der Waals surface area contributed by atoms with E-state index in [9.17, 15) is 28.6 Å². The summed E-state index contributed by atoms with van der Waals surface area (Å²) in [5.41, 5.74) is 11.7. The van der Waals surface area contributed by atoms with E-state index in [2.05, 4.69) is 19.9 Å². The minimum Gasteiger partial charge on any atom is -0.457 e. The Bertz CT molecular complexity index is 2770. The fourth-order valence-corrected chi connectivity index (χ4v) is 7.53. The summed E-state index contributed by atoms with van der Waals surface area (Å²) in [5, 5.41) is 18.9. The van der Waals surface area contributed by atoms with Crippen LogP contribution in [0, 0.1) is 11.6 Å². The average Bonchev–Trinajstić information content (AvgIpc) is 3.60. The van der Waals surface area contributed by atoms with Crippen LogP contribution in [0.3, 0.4) is 0 Å². The minimum absolute atomic E-state index is 0.0492. The van der Waals surface area contributed by atoms with Gasteiger partial charge in [-0.3, -0.25) is 9.59 Å². The number of hydrogen-bond acceptors (Lipinski definition) is 16. The SMILES string of the molecule is CC1(C)OB(c2ccc(Oc3ccc(F)cc3)cc2)OC1(C)C.NC(=O)c1cc(N2CCOCC2CO)nc(-c2ccc(Oc3ccc(F)cc3)cc2)n1.NC(=O)c1cc(N2CCOCC2CO)nc(Cl)n1. The molecule has 378 valence electrons. The summed E-state index contributed by atoms with van der Waals surface area (Å²) in [4.78, 5) is 43.3. The van der Waals surface area contributed by atoms with E-state index in [4.69, 9.17) is 51.3 Å². The van der Waals surface area contributed by atoms with Crippen molar-refractivity contribution in [2.45, 2.75) is 51.0 Å². The third-order valence-electron chi connectivity index (χ3n) is 12.0. The molecule has 3 aliphatic heterocycles. The number of amides is 2. The maximum absolute atomic E-state index is 13.0. The molecule has 3 aliphatic rings. The van der Waals surface area contributed by atoms with Crippen molar-refractivity contribution in [3.05, 3.63) is 138 Å². The van der Waals surface area contributed by atoms with Gasteiger partial charge in [-0.1, -0.05) is 12.1 Å². The molecule has 0 bridgehead atoms. The van der Waals surface area contributed by atoms with Gasteiger partial charge in [-0.15, -0.1) is 0 Å². The Labute approximate surface area is 419 Å². The number of primary amides is 2. The van der Waals surface area contributed by atoms with Crippen LogP contribution < -0.4 is 36.2 Å². The summed E-state index contributed by atoms with van der Waals surface area (Å²) in [6.45, 7) is 10.7. The van der Waals surface area contributed by atoms with E-state index in [1.165, 1.54) is 48.5 Å². The van der Waals surface area contributed by atoms with Crippen molar-refractivity contribution in [2.75, 3.05) is 62.5 Å². The Morgan fingerprint density at radius 2 is 1.06 bits per heavy atom. The maximum Gasteiger partial charge on any atom is 0.494 e. The van der Waals surface area contributed by atoms with Gasteiger partial charge in [0.25, 0.3) is 11.8 Å². The summed E-state index contributed by atoms with van der Waals surface area (Å²) in [5.74, 6) is 1.64. The van der Waals surface area contributed by atoms with Gasteiger partial charge in [-0.05, 0) is 130 Å². The van der Waals surface area contributed by atoms with Crippen LogP contribution in [-0.2, 0) is 18.8 Å². The molecule has 0 spiro atoms. The highest BCUT2D eigenvalue weighted by Crippen LogP contribution is 2.37. The molecular formula is C50H54BClF2N8O10. The highest BCUT2D eigenvalue weighted by atomic mass is 35.5. The van der Waals surface area contributed by atoms with Gasteiger partial charge in [0.2, 0.25) is 5.28 Å². The Morgan fingerprint density at radius 3 is 1.49 bits per heavy atom. The molecule has 22 heteroatoms. The van der Waals surface area contributed by atoms with Crippen LogP contribution in [0.1, 0.15) is 48.7 Å². The van der Waals surface area contributed by atoms with Gasteiger partial charge in [0.05, 0.1) is 62.9 Å². The number of benzene rings is 4. The van der Waals surface area contributed by atoms with Gasteiger partial charge >= 0.3 is 7.12 Å². The molecule has 4 aromatic carbocycles. The van der Waals surface area contributed by atoms with Gasteiger partial charge in [-0.25, -0.2) is 28.7 Å². The first-order chi connectivity index (χ1) is 34.4. The highest BCUT2D eigenvalue weighted by Gasteiger charge is 2.51. The predicted octanol–water partition coefficient (Wildman–Crippen LogP) is 5.72. The largest absolute Gasteiger partial charge is 0.494 e. The van der Waals surface area contributed by atoms with Crippen LogP contribution in [0.2, 0.25) is 5.28 Å². The monoisotopic (exact) mass is 1010 g/mol. The fourth-order valence-electron chi connectivity index (χ4n) is 7.35. The standard InChI is InChI=1S/C22H21FN4O4.C18H20BFO3.C10H13ClN4O3/c23-15-3-7-18(8-4-15)31-17-5-1-14(2-6-17)22-25-19(21(24)29)11-20(26-22)27-9-10-30-13-16(27)12-28;1-17(2)18(3,4)23-19(22-17)13-5-9-15(10-6-13)21-16-11-7-14(20)8-12-16;11-10-13-7(9(12)17)3-8(14-10)15-1-2-18-5-6(15)4-16/h1-8,11,16,28H,9-10,12-13H2,(H2,24,29);5-12H,1-4H3;3,6,16H,1-2,4-5H2,(H2,12,17). The second-order valence-electron chi connectivity index (χ2n) is 17.5. The van der Waals surface area contributed by atoms with E-state index < -0.39 is 11.8 Å². The summed E-state index contributed by atoms with van der Waals surface area (Å²) >= 11 is 5.75. The number of aliphatic hydroxyl groups is 2. The lowest BCUT2D eigenvalue weighted by atomic mass is 9.79. The summed E-state index contributed by atoms with van der Waals surface area (Å²) < 4.78 is 60.0. The van der Waals surface area contributed by atoms with Crippen LogP contribution in [-0.4, -0.2) is 125 Å². The zero-order valence-electron chi connectivity index (χ0n) is 39.9. The summed E-state index contributed by atoms with van der Waals surface area (Å²) in [6.07, 6.45) is 0. The molecular weight excluding hydrogens is 957 g/mol. The molecule has 2 unspecified atom stereocenters. The second-order valence-corrected chi connectivity index (χ2v) is 17.9. The topological polar surface area (TPSA) is 240 Å². The number of aliphatic hydroxyl groups excluding tert-OH is 2. The Kier molecular flexibility index (Phi) is 17.4. The van der Waals surface area contributed by atoms with Crippen molar-refractivity contribution in [2.24, 2.45) is 11.5 Å². The fraction of sp³-hybridized carbons (Fsp3) is 0.320. The first kappa shape index (κ1) is 53.0. The first-order valence-electron chi connectivity index (χ1n) is 22.8. The highest BCUT2D eigenvalue weighted by molar-refractivity contribution is 6.62. The number of rotatable bonds is 12. The number of anilines is 2. The molecule has 2 atom stereocenters. The number of hydrogen-bond donors (Lipinski definition) is 4. The minimum atomic E-state index is -0.672. The summed E-state index contributed by atoms with van der Waals surface area (Å²) in [6, 6.07) is 28.6. The van der Waals surface area contributed by atoms with E-state index in [-0.39, 0.29) is 71.9 Å². The number of nitrogens with two attached hydrogens (primary N) is 2. The number of aromatic nitrogens is 4. The first-order valence-corrected chi connectivity index (χ1v) is 23.2. The van der Waals surface area contributed by atoms with Crippen molar-refractivity contribution >= 4 is 47.6 Å². The molecule has 2 amide bonds. The second kappa shape index (κ2) is 23.6. The molecule has 3 fully saturated rings. The lowest BCUT2D eigenvalue weighted by molar-refractivity contribution is 0.00578. The lowest BCUT2D eigenvalue weighted by Gasteiger charge is -2.35. The average molecular weight is 1010 g/mol. The molecule has 0 aliphatic carbocycles. The maximum atomic E-state index is 13.0.